The third-order valence-corrected chi connectivity index (χ3v) is 0.953. The Hall–Kier alpha value is 1.65. The molecule has 0 N–H and O–H groups in total. The molecule has 12 heavy (non-hydrogen) atoms. The standard InChI is InChI=1S/C6H9BNO2.U.Y/c1-3-10-4-6(2)8(7)5-9;;/h6H,1-4H2;;/q-3;+2;/t6-;;/m1../s1. The van der Waals surface area contributed by atoms with E-state index in [2.05, 4.69) is 13.8 Å². The van der Waals surface area contributed by atoms with Crippen molar-refractivity contribution in [3.05, 3.63) is 13.8 Å². The van der Waals surface area contributed by atoms with Gasteiger partial charge in [-0.1, -0.05) is 6.61 Å². The van der Waals surface area contributed by atoms with Crippen LogP contribution in [-0.2, 0) is 42.2 Å². The Balaban J connectivity index is -0.000000405. The summed E-state index contributed by atoms with van der Waals surface area (Å²) < 4.78 is 4.84. The molecular weight excluding hydrogens is 456 g/mol. The van der Waals surface area contributed by atoms with Gasteiger partial charge >= 0.3 is 31.1 Å². The van der Waals surface area contributed by atoms with Gasteiger partial charge in [-0.25, -0.2) is 0 Å². The van der Waals surface area contributed by atoms with Crippen LogP contribution in [0.4, 0.5) is 0 Å². The maximum absolute atomic E-state index is 9.87. The Morgan fingerprint density at radius 1 is 1.67 bits per heavy atom. The predicted octanol–water partition coefficient (Wildman–Crippen LogP) is -0.510. The second-order valence-electron chi connectivity index (χ2n) is 1.73. The van der Waals surface area contributed by atoms with E-state index >= 15 is 0 Å². The minimum Gasteiger partial charge on any atom is -0.592 e. The maximum Gasteiger partial charge on any atom is 2.00 e. The molecule has 0 aliphatic rings. The van der Waals surface area contributed by atoms with Gasteiger partial charge in [-0.2, -0.15) is 6.41 Å². The molecule has 0 saturated carbocycles. The van der Waals surface area contributed by atoms with E-state index in [4.69, 9.17) is 12.7 Å². The molecule has 0 heterocycles. The molecule has 6 heteroatoms. The smallest absolute Gasteiger partial charge is 0.592 e. The van der Waals surface area contributed by atoms with Crippen molar-refractivity contribution in [3.63, 3.8) is 0 Å². The summed E-state index contributed by atoms with van der Waals surface area (Å²) >= 11 is 0. The SMILES string of the molecule is [B]N([C-]=O)[C@H]([CH2-])COC[CH2-].[U+2].[Y]. The molecule has 0 aliphatic heterocycles. The normalized spacial score (nSPS) is 10.5. The van der Waals surface area contributed by atoms with Crippen molar-refractivity contribution in [1.82, 2.24) is 4.81 Å². The average molecular weight is 465 g/mol. The summed E-state index contributed by atoms with van der Waals surface area (Å²) in [5.41, 5.74) is 0. The Bertz CT molecular complexity index is 110. The minimum atomic E-state index is -0.390. The molecule has 1 atom stereocenters. The molecule has 61 valence electrons. The van der Waals surface area contributed by atoms with Crippen molar-refractivity contribution in [1.29, 1.82) is 0 Å². The minimum absolute atomic E-state index is 0. The van der Waals surface area contributed by atoms with Crippen molar-refractivity contribution in [2.45, 2.75) is 6.04 Å². The largest absolute Gasteiger partial charge is 2.00 e. The summed E-state index contributed by atoms with van der Waals surface area (Å²) in [4.78, 5) is 10.7. The van der Waals surface area contributed by atoms with Crippen LogP contribution in [0.3, 0.4) is 0 Å². The zero-order valence-corrected chi connectivity index (χ0v) is 13.8. The molecule has 3 nitrogen and oxygen atoms in total. The van der Waals surface area contributed by atoms with E-state index in [0.29, 0.717) is 6.61 Å². The summed E-state index contributed by atoms with van der Waals surface area (Å²) in [6.45, 7) is 7.60. The predicted molar refractivity (Wildman–Crippen MR) is 38.6 cm³/mol. The number of rotatable bonds is 5. The number of nitrogens with zero attached hydrogens (tertiary/aromatic N) is 1. The van der Waals surface area contributed by atoms with E-state index in [0.717, 1.165) is 4.81 Å². The van der Waals surface area contributed by atoms with E-state index in [1.54, 1.807) is 0 Å². The summed E-state index contributed by atoms with van der Waals surface area (Å²) in [5.74, 6) is 0. The van der Waals surface area contributed by atoms with Gasteiger partial charge in [0, 0.05) is 39.3 Å². The van der Waals surface area contributed by atoms with Crippen molar-refractivity contribution < 1.29 is 73.4 Å². The molecule has 0 unspecified atom stereocenters. The van der Waals surface area contributed by atoms with Crippen LogP contribution in [-0.4, -0.2) is 38.5 Å². The Morgan fingerprint density at radius 2 is 2.17 bits per heavy atom. The van der Waals surface area contributed by atoms with Crippen LogP contribution >= 0.6 is 0 Å². The molecule has 1 amide bonds. The molecule has 0 bridgehead atoms. The fraction of sp³-hybridized carbons (Fsp3) is 0.500. The molecule has 0 aromatic heterocycles. The first-order chi connectivity index (χ1) is 4.72. The molecule has 0 saturated heterocycles. The number of amides is 1. The van der Waals surface area contributed by atoms with Crippen molar-refractivity contribution in [3.8, 4) is 0 Å². The topological polar surface area (TPSA) is 29.5 Å². The molecule has 0 aromatic rings. The van der Waals surface area contributed by atoms with Gasteiger partial charge in [0.2, 0.25) is 0 Å². The first-order valence-corrected chi connectivity index (χ1v) is 2.84. The van der Waals surface area contributed by atoms with Gasteiger partial charge in [-0.15, -0.1) is 6.04 Å². The van der Waals surface area contributed by atoms with Gasteiger partial charge in [0.25, 0.3) is 0 Å². The summed E-state index contributed by atoms with van der Waals surface area (Å²) in [7, 11) is 5.10. The Labute approximate surface area is 124 Å². The van der Waals surface area contributed by atoms with Crippen molar-refractivity contribution in [2.75, 3.05) is 13.2 Å². The summed E-state index contributed by atoms with van der Waals surface area (Å²) in [5, 5.41) is 0. The van der Waals surface area contributed by atoms with Gasteiger partial charge in [-0.3, -0.25) is 0 Å². The number of carbonyl (C=O) groups excluding carboxylic acids is 1. The van der Waals surface area contributed by atoms with Gasteiger partial charge in [0.05, 0.1) is 0 Å². The van der Waals surface area contributed by atoms with E-state index in [9.17, 15) is 4.79 Å². The first-order valence-electron chi connectivity index (χ1n) is 2.84. The van der Waals surface area contributed by atoms with Gasteiger partial charge in [0.1, 0.15) is 0 Å². The number of hydrogen-bond acceptors (Lipinski definition) is 2. The Kier molecular flexibility index (Phi) is 20.3. The molecule has 0 spiro atoms. The van der Waals surface area contributed by atoms with Crippen LogP contribution in [0.15, 0.2) is 0 Å². The van der Waals surface area contributed by atoms with Crippen LogP contribution in [0.25, 0.3) is 0 Å². The fourth-order valence-corrected chi connectivity index (χ4v) is 0.374. The molecular formula is C6H9BNO2UY-. The molecule has 0 rings (SSSR count). The van der Waals surface area contributed by atoms with Gasteiger partial charge in [0.15, 0.2) is 7.98 Å². The first kappa shape index (κ1) is 19.3. The van der Waals surface area contributed by atoms with Crippen molar-refractivity contribution >= 4 is 14.4 Å². The number of ether oxygens (including phenoxy) is 1. The molecule has 0 fully saturated rings. The quantitative estimate of drug-likeness (QED) is 0.312. The molecule has 0 aromatic carbocycles. The van der Waals surface area contributed by atoms with Crippen LogP contribution in [0.5, 0.6) is 0 Å². The van der Waals surface area contributed by atoms with Crippen LogP contribution in [0.2, 0.25) is 0 Å². The maximum atomic E-state index is 9.87. The summed E-state index contributed by atoms with van der Waals surface area (Å²) in [6, 6.07) is -0.390. The van der Waals surface area contributed by atoms with Gasteiger partial charge < -0.3 is 28.2 Å². The van der Waals surface area contributed by atoms with Crippen LogP contribution < -0.4 is 0 Å². The Morgan fingerprint density at radius 3 is 2.50 bits per heavy atom. The summed E-state index contributed by atoms with van der Waals surface area (Å²) in [6.07, 6.45) is 1.47. The zero-order valence-electron chi connectivity index (χ0n) is 6.82. The van der Waals surface area contributed by atoms with E-state index in [1.807, 2.05) is 0 Å². The van der Waals surface area contributed by atoms with E-state index < -0.39 is 0 Å². The van der Waals surface area contributed by atoms with E-state index in [-0.39, 0.29) is 76.5 Å². The fourth-order valence-electron chi connectivity index (χ4n) is 0.374. The average Bonchev–Trinajstić information content (AvgIpc) is 1.98. The molecule has 3 radical (unpaired) electrons. The molecule has 0 aliphatic carbocycles. The third kappa shape index (κ3) is 9.74. The van der Waals surface area contributed by atoms with Crippen LogP contribution in [0.1, 0.15) is 0 Å². The van der Waals surface area contributed by atoms with Crippen LogP contribution in [0, 0.1) is 45.0 Å². The van der Waals surface area contributed by atoms with E-state index in [1.165, 1.54) is 6.41 Å². The second kappa shape index (κ2) is 12.7. The third-order valence-electron chi connectivity index (χ3n) is 0.953. The van der Waals surface area contributed by atoms with Crippen molar-refractivity contribution in [2.24, 2.45) is 0 Å². The number of hydrogen-bond donors (Lipinski definition) is 0. The zero-order chi connectivity index (χ0) is 7.98. The monoisotopic (exact) mass is 465 g/mol. The second-order valence-corrected chi connectivity index (χ2v) is 1.73. The van der Waals surface area contributed by atoms with Gasteiger partial charge in [-0.05, 0) is 0 Å².